The van der Waals surface area contributed by atoms with Gasteiger partial charge in [-0.1, -0.05) is 31.0 Å². The second-order valence-corrected chi connectivity index (χ2v) is 5.91. The number of nitrogens with zero attached hydrogens (tertiary/aromatic N) is 1. The normalized spacial score (nSPS) is 20.1. The molecule has 2 nitrogen and oxygen atoms in total. The van der Waals surface area contributed by atoms with Crippen LogP contribution >= 0.6 is 0 Å². The minimum Gasteiger partial charge on any atom is -0.299 e. The van der Waals surface area contributed by atoms with Crippen molar-refractivity contribution >= 4 is 16.7 Å². The van der Waals surface area contributed by atoms with Crippen molar-refractivity contribution in [2.75, 3.05) is 0 Å². The maximum Gasteiger partial charge on any atom is 0.136 e. The maximum absolute atomic E-state index is 12.2. The molecule has 1 unspecified atom stereocenters. The third kappa shape index (κ3) is 2.74. The number of ketones is 1. The van der Waals surface area contributed by atoms with E-state index in [1.807, 2.05) is 13.0 Å². The largest absolute Gasteiger partial charge is 0.299 e. The fourth-order valence-electron chi connectivity index (χ4n) is 3.28. The highest BCUT2D eigenvalue weighted by Gasteiger charge is 2.21. The van der Waals surface area contributed by atoms with Crippen molar-refractivity contribution in [1.82, 2.24) is 4.98 Å². The van der Waals surface area contributed by atoms with Crippen molar-refractivity contribution in [1.29, 1.82) is 0 Å². The summed E-state index contributed by atoms with van der Waals surface area (Å²) >= 11 is 0. The van der Waals surface area contributed by atoms with Gasteiger partial charge in [-0.25, -0.2) is 0 Å². The summed E-state index contributed by atoms with van der Waals surface area (Å²) in [7, 11) is 0. The summed E-state index contributed by atoms with van der Waals surface area (Å²) in [5.74, 6) is 0.670. The van der Waals surface area contributed by atoms with Crippen LogP contribution in [0.1, 0.15) is 43.4 Å². The Balaban J connectivity index is 1.95. The molecule has 2 aromatic rings. The zero-order valence-corrected chi connectivity index (χ0v) is 12.1. The van der Waals surface area contributed by atoms with Gasteiger partial charge in [-0.05, 0) is 43.9 Å². The second-order valence-electron chi connectivity index (χ2n) is 5.91. The van der Waals surface area contributed by atoms with Crippen LogP contribution in [0.25, 0.3) is 10.9 Å². The Kier molecular flexibility index (Phi) is 3.81. The Morgan fingerprint density at radius 3 is 2.95 bits per heavy atom. The molecular weight excluding hydrogens is 246 g/mol. The van der Waals surface area contributed by atoms with Crippen LogP contribution in [0.15, 0.2) is 30.3 Å². The number of hydrogen-bond donors (Lipinski definition) is 0. The van der Waals surface area contributed by atoms with E-state index in [2.05, 4.69) is 29.2 Å². The minimum absolute atomic E-state index is 0.211. The molecule has 0 N–H and O–H groups in total. The predicted octanol–water partition coefficient (Wildman–Crippen LogP) is 4.24. The molecule has 1 heterocycles. The smallest absolute Gasteiger partial charge is 0.136 e. The number of carbonyl (C=O) groups is 1. The SMILES string of the molecule is Cc1cc(CC2CCCCCC2=O)c2ccccc2n1. The van der Waals surface area contributed by atoms with E-state index >= 15 is 0 Å². The van der Waals surface area contributed by atoms with Crippen molar-refractivity contribution in [2.45, 2.75) is 45.4 Å². The quantitative estimate of drug-likeness (QED) is 0.762. The lowest BCUT2D eigenvalue weighted by Gasteiger charge is -2.15. The van der Waals surface area contributed by atoms with E-state index in [4.69, 9.17) is 0 Å². The van der Waals surface area contributed by atoms with Gasteiger partial charge in [-0.3, -0.25) is 9.78 Å². The topological polar surface area (TPSA) is 30.0 Å². The average molecular weight is 267 g/mol. The van der Waals surface area contributed by atoms with E-state index in [0.29, 0.717) is 5.78 Å². The second kappa shape index (κ2) is 5.74. The molecule has 1 aliphatic carbocycles. The van der Waals surface area contributed by atoms with Crippen molar-refractivity contribution in [3.05, 3.63) is 41.6 Å². The van der Waals surface area contributed by atoms with E-state index in [0.717, 1.165) is 36.9 Å². The van der Waals surface area contributed by atoms with Gasteiger partial charge in [0.05, 0.1) is 5.52 Å². The molecule has 1 atom stereocenters. The monoisotopic (exact) mass is 267 g/mol. The minimum atomic E-state index is 0.211. The standard InChI is InChI=1S/C18H21NO/c1-13-11-15(16-8-5-6-9-17(16)19-13)12-14-7-3-2-4-10-18(14)20/h5-6,8-9,11,14H,2-4,7,10,12H2,1H3. The van der Waals surface area contributed by atoms with Gasteiger partial charge in [0.25, 0.3) is 0 Å². The first-order chi connectivity index (χ1) is 9.74. The molecule has 1 aromatic carbocycles. The van der Waals surface area contributed by atoms with Gasteiger partial charge in [-0.2, -0.15) is 0 Å². The number of aryl methyl sites for hydroxylation is 1. The van der Waals surface area contributed by atoms with Gasteiger partial charge < -0.3 is 0 Å². The molecule has 1 saturated carbocycles. The van der Waals surface area contributed by atoms with E-state index in [1.165, 1.54) is 23.8 Å². The number of Topliss-reactive ketones (excluding diaryl/α,β-unsaturated/α-hetero) is 1. The maximum atomic E-state index is 12.2. The highest BCUT2D eigenvalue weighted by molar-refractivity contribution is 5.85. The highest BCUT2D eigenvalue weighted by atomic mass is 16.1. The van der Waals surface area contributed by atoms with Crippen LogP contribution in [-0.2, 0) is 11.2 Å². The summed E-state index contributed by atoms with van der Waals surface area (Å²) in [4.78, 5) is 16.8. The first-order valence-electron chi connectivity index (χ1n) is 7.62. The first kappa shape index (κ1) is 13.3. The summed E-state index contributed by atoms with van der Waals surface area (Å²) in [6.45, 7) is 2.03. The van der Waals surface area contributed by atoms with Crippen LogP contribution in [0.5, 0.6) is 0 Å². The van der Waals surface area contributed by atoms with Gasteiger partial charge in [-0.15, -0.1) is 0 Å². The Morgan fingerprint density at radius 2 is 2.05 bits per heavy atom. The van der Waals surface area contributed by atoms with E-state index in [1.54, 1.807) is 0 Å². The first-order valence-corrected chi connectivity index (χ1v) is 7.62. The third-order valence-corrected chi connectivity index (χ3v) is 4.33. The van der Waals surface area contributed by atoms with Crippen molar-refractivity contribution in [3.63, 3.8) is 0 Å². The Morgan fingerprint density at radius 1 is 1.20 bits per heavy atom. The van der Waals surface area contributed by atoms with Crippen molar-refractivity contribution in [2.24, 2.45) is 5.92 Å². The fraction of sp³-hybridized carbons (Fsp3) is 0.444. The molecule has 0 amide bonds. The number of fused-ring (bicyclic) bond motifs is 1. The fourth-order valence-corrected chi connectivity index (χ4v) is 3.28. The molecule has 104 valence electrons. The van der Waals surface area contributed by atoms with Crippen LogP contribution < -0.4 is 0 Å². The third-order valence-electron chi connectivity index (χ3n) is 4.33. The van der Waals surface area contributed by atoms with Gasteiger partial charge in [0.15, 0.2) is 0 Å². The zero-order valence-electron chi connectivity index (χ0n) is 12.1. The van der Waals surface area contributed by atoms with E-state index in [-0.39, 0.29) is 5.92 Å². The zero-order chi connectivity index (χ0) is 13.9. The van der Waals surface area contributed by atoms with Gasteiger partial charge in [0.1, 0.15) is 5.78 Å². The molecule has 3 rings (SSSR count). The highest BCUT2D eigenvalue weighted by Crippen LogP contribution is 2.27. The molecule has 1 aliphatic rings. The van der Waals surface area contributed by atoms with Gasteiger partial charge in [0, 0.05) is 23.4 Å². The lowest BCUT2D eigenvalue weighted by atomic mass is 9.90. The molecule has 0 spiro atoms. The number of aromatic nitrogens is 1. The molecule has 0 aliphatic heterocycles. The van der Waals surface area contributed by atoms with Crippen LogP contribution in [0.4, 0.5) is 0 Å². The van der Waals surface area contributed by atoms with Crippen LogP contribution in [-0.4, -0.2) is 10.8 Å². The Labute approximate surface area is 120 Å². The Hall–Kier alpha value is -1.70. The van der Waals surface area contributed by atoms with E-state index < -0.39 is 0 Å². The summed E-state index contributed by atoms with van der Waals surface area (Å²) in [6.07, 6.45) is 6.17. The number of benzene rings is 1. The number of carbonyl (C=O) groups excluding carboxylic acids is 1. The summed E-state index contributed by atoms with van der Waals surface area (Å²) in [5, 5.41) is 1.20. The summed E-state index contributed by atoms with van der Waals surface area (Å²) in [6, 6.07) is 10.4. The number of hydrogen-bond acceptors (Lipinski definition) is 2. The molecular formula is C18H21NO. The summed E-state index contributed by atoms with van der Waals surface area (Å²) in [5.41, 5.74) is 3.37. The number of rotatable bonds is 2. The van der Waals surface area contributed by atoms with Crippen LogP contribution in [0.2, 0.25) is 0 Å². The Bertz CT molecular complexity index is 632. The molecule has 20 heavy (non-hydrogen) atoms. The number of para-hydroxylation sites is 1. The number of pyridine rings is 1. The lowest BCUT2D eigenvalue weighted by molar-refractivity contribution is -0.122. The van der Waals surface area contributed by atoms with Crippen LogP contribution in [0, 0.1) is 12.8 Å². The summed E-state index contributed by atoms with van der Waals surface area (Å²) < 4.78 is 0. The molecule has 0 bridgehead atoms. The van der Waals surface area contributed by atoms with Crippen molar-refractivity contribution in [3.8, 4) is 0 Å². The predicted molar refractivity (Wildman–Crippen MR) is 81.8 cm³/mol. The molecule has 1 fully saturated rings. The van der Waals surface area contributed by atoms with Crippen molar-refractivity contribution < 1.29 is 4.79 Å². The average Bonchev–Trinajstić information content (AvgIpc) is 2.64. The van der Waals surface area contributed by atoms with E-state index in [9.17, 15) is 4.79 Å². The van der Waals surface area contributed by atoms with Crippen LogP contribution in [0.3, 0.4) is 0 Å². The van der Waals surface area contributed by atoms with Gasteiger partial charge >= 0.3 is 0 Å². The molecule has 0 radical (unpaired) electrons. The molecule has 1 aromatic heterocycles. The molecule has 2 heteroatoms. The van der Waals surface area contributed by atoms with Gasteiger partial charge in [0.2, 0.25) is 0 Å². The lowest BCUT2D eigenvalue weighted by Crippen LogP contribution is -2.15. The molecule has 0 saturated heterocycles.